The van der Waals surface area contributed by atoms with Crippen molar-refractivity contribution in [2.45, 2.75) is 32.9 Å². The third-order valence-electron chi connectivity index (χ3n) is 5.53. The average Bonchev–Trinajstić information content (AvgIpc) is 2.74. The third kappa shape index (κ3) is 5.05. The molecule has 0 amide bonds. The topological polar surface area (TPSA) is 61.8 Å². The fourth-order valence-electron chi connectivity index (χ4n) is 3.72. The first kappa shape index (κ1) is 21.1. The van der Waals surface area contributed by atoms with E-state index in [1.165, 1.54) is 11.6 Å². The second-order valence-corrected chi connectivity index (χ2v) is 7.49. The fourth-order valence-corrected chi connectivity index (χ4v) is 3.72. The van der Waals surface area contributed by atoms with Crippen LogP contribution >= 0.6 is 0 Å². The molecule has 5 heteroatoms. The summed E-state index contributed by atoms with van der Waals surface area (Å²) in [7, 11) is 1.59. The van der Waals surface area contributed by atoms with Crippen LogP contribution in [-0.4, -0.2) is 48.6 Å². The minimum absolute atomic E-state index is 0.0105. The number of benzene rings is 2. The third-order valence-corrected chi connectivity index (χ3v) is 5.53. The summed E-state index contributed by atoms with van der Waals surface area (Å²) in [6.45, 7) is 7.48. The number of hydrogen-bond donors (Lipinski definition) is 2. The Bertz CT molecular complexity index is 874. The van der Waals surface area contributed by atoms with Gasteiger partial charge in [0.25, 0.3) is 0 Å². The van der Waals surface area contributed by atoms with Crippen LogP contribution in [0.25, 0.3) is 6.08 Å². The number of hydrogen-bond acceptors (Lipinski definition) is 5. The van der Waals surface area contributed by atoms with Crippen molar-refractivity contribution in [2.24, 2.45) is 0 Å². The van der Waals surface area contributed by atoms with Crippen molar-refractivity contribution in [3.8, 4) is 11.5 Å². The molecule has 0 aromatic heterocycles. The first-order valence-corrected chi connectivity index (χ1v) is 10.2. The van der Waals surface area contributed by atoms with Crippen LogP contribution in [0, 0.1) is 6.92 Å². The summed E-state index contributed by atoms with van der Waals surface area (Å²) in [5, 5.41) is 14.3. The van der Waals surface area contributed by atoms with Crippen molar-refractivity contribution in [2.75, 3.05) is 26.7 Å². The van der Waals surface area contributed by atoms with Crippen molar-refractivity contribution in [1.29, 1.82) is 0 Å². The molecule has 5 nitrogen and oxygen atoms in total. The van der Waals surface area contributed by atoms with Gasteiger partial charge in [-0.3, -0.25) is 9.69 Å². The number of nitrogens with one attached hydrogen (secondary N) is 1. The molecule has 29 heavy (non-hydrogen) atoms. The Hall–Kier alpha value is -2.63. The normalized spacial score (nSPS) is 17.6. The van der Waals surface area contributed by atoms with Gasteiger partial charge in [0, 0.05) is 32.2 Å². The zero-order valence-electron chi connectivity index (χ0n) is 17.4. The Kier molecular flexibility index (Phi) is 7.07. The molecule has 0 spiro atoms. The Morgan fingerprint density at radius 3 is 2.72 bits per heavy atom. The number of phenolic OH excluding ortho intramolecular Hbond substituents is 1. The van der Waals surface area contributed by atoms with Crippen LogP contribution < -0.4 is 10.1 Å². The number of ketones is 1. The highest BCUT2D eigenvalue weighted by Gasteiger charge is 2.25. The largest absolute Gasteiger partial charge is 0.507 e. The number of nitrogens with zero attached hydrogens (tertiary/aromatic N) is 1. The number of aromatic hydroxyl groups is 1. The second kappa shape index (κ2) is 9.72. The SMILES string of the molecule is CCC1CNCCN1Cc1c(OC)ccc(C(=O)/C=C/c2ccc(C)cc2)c1O. The molecule has 1 aliphatic heterocycles. The number of piperazine rings is 1. The van der Waals surface area contributed by atoms with E-state index in [4.69, 9.17) is 4.74 Å². The molecule has 1 atom stereocenters. The Balaban J connectivity index is 1.85. The molecule has 3 rings (SSSR count). The standard InChI is InChI=1S/C24H30N2O3/c1-4-19-15-25-13-14-26(19)16-21-23(29-3)12-10-20(24(21)28)22(27)11-9-18-7-5-17(2)6-8-18/h5-12,19,25,28H,4,13-16H2,1-3H3/b11-9+. The highest BCUT2D eigenvalue weighted by atomic mass is 16.5. The molecule has 154 valence electrons. The number of carbonyl (C=O) groups is 1. The Morgan fingerprint density at radius 2 is 2.03 bits per heavy atom. The summed E-state index contributed by atoms with van der Waals surface area (Å²) in [6, 6.07) is 11.7. The van der Waals surface area contributed by atoms with Gasteiger partial charge in [-0.25, -0.2) is 0 Å². The molecule has 2 N–H and O–H groups in total. The van der Waals surface area contributed by atoms with Gasteiger partial charge in [-0.2, -0.15) is 0 Å². The molecule has 1 saturated heterocycles. The van der Waals surface area contributed by atoms with Crippen molar-refractivity contribution < 1.29 is 14.6 Å². The smallest absolute Gasteiger partial charge is 0.189 e. The summed E-state index contributed by atoms with van der Waals surface area (Å²) >= 11 is 0. The van der Waals surface area contributed by atoms with E-state index in [0.29, 0.717) is 29.5 Å². The van der Waals surface area contributed by atoms with E-state index in [-0.39, 0.29) is 11.5 Å². The van der Waals surface area contributed by atoms with Gasteiger partial charge >= 0.3 is 0 Å². The first-order valence-electron chi connectivity index (χ1n) is 10.2. The van der Waals surface area contributed by atoms with Gasteiger partial charge in [0.15, 0.2) is 5.78 Å². The molecule has 0 radical (unpaired) electrons. The number of rotatable bonds is 7. The quantitative estimate of drug-likeness (QED) is 0.553. The maximum atomic E-state index is 12.8. The number of aryl methyl sites for hydroxylation is 1. The second-order valence-electron chi connectivity index (χ2n) is 7.49. The molecular formula is C24H30N2O3. The van der Waals surface area contributed by atoms with Gasteiger partial charge in [-0.1, -0.05) is 42.8 Å². The van der Waals surface area contributed by atoms with Crippen molar-refractivity contribution in [3.63, 3.8) is 0 Å². The zero-order valence-corrected chi connectivity index (χ0v) is 17.4. The monoisotopic (exact) mass is 394 g/mol. The highest BCUT2D eigenvalue weighted by Crippen LogP contribution is 2.34. The minimum Gasteiger partial charge on any atom is -0.507 e. The number of allylic oxidation sites excluding steroid dienone is 1. The number of phenols is 1. The fraction of sp³-hybridized carbons (Fsp3) is 0.375. The van der Waals surface area contributed by atoms with E-state index in [2.05, 4.69) is 17.1 Å². The maximum absolute atomic E-state index is 12.8. The van der Waals surface area contributed by atoms with E-state index >= 15 is 0 Å². The van der Waals surface area contributed by atoms with Gasteiger partial charge in [-0.05, 0) is 37.1 Å². The number of ether oxygens (including phenoxy) is 1. The van der Waals surface area contributed by atoms with Crippen LogP contribution in [-0.2, 0) is 6.54 Å². The first-order chi connectivity index (χ1) is 14.0. The molecule has 0 saturated carbocycles. The van der Waals surface area contributed by atoms with Gasteiger partial charge in [-0.15, -0.1) is 0 Å². The molecule has 1 fully saturated rings. The van der Waals surface area contributed by atoms with E-state index in [1.807, 2.05) is 31.2 Å². The lowest BCUT2D eigenvalue weighted by atomic mass is 10.0. The van der Waals surface area contributed by atoms with Gasteiger partial charge < -0.3 is 15.2 Å². The van der Waals surface area contributed by atoms with Crippen molar-refractivity contribution in [3.05, 3.63) is 64.7 Å². The maximum Gasteiger partial charge on any atom is 0.189 e. The summed E-state index contributed by atoms with van der Waals surface area (Å²) in [6.07, 6.45) is 4.30. The van der Waals surface area contributed by atoms with E-state index in [9.17, 15) is 9.90 Å². The van der Waals surface area contributed by atoms with E-state index < -0.39 is 0 Å². The lowest BCUT2D eigenvalue weighted by molar-refractivity contribution is 0.104. The molecule has 1 aliphatic rings. The summed E-state index contributed by atoms with van der Waals surface area (Å²) in [5.41, 5.74) is 3.09. The summed E-state index contributed by atoms with van der Waals surface area (Å²) in [4.78, 5) is 15.1. The van der Waals surface area contributed by atoms with Crippen LogP contribution in [0.1, 0.15) is 40.4 Å². The zero-order chi connectivity index (χ0) is 20.8. The molecule has 0 bridgehead atoms. The molecule has 1 unspecified atom stereocenters. The van der Waals surface area contributed by atoms with Gasteiger partial charge in [0.2, 0.25) is 0 Å². The molecule has 1 heterocycles. The average molecular weight is 395 g/mol. The summed E-state index contributed by atoms with van der Waals surface area (Å²) in [5.74, 6) is 0.394. The molecular weight excluding hydrogens is 364 g/mol. The number of methoxy groups -OCH3 is 1. The van der Waals surface area contributed by atoms with Gasteiger partial charge in [0.05, 0.1) is 18.2 Å². The Morgan fingerprint density at radius 1 is 1.28 bits per heavy atom. The van der Waals surface area contributed by atoms with Crippen LogP contribution in [0.15, 0.2) is 42.5 Å². The Labute approximate surface area is 173 Å². The predicted molar refractivity (Wildman–Crippen MR) is 117 cm³/mol. The molecule has 2 aromatic carbocycles. The van der Waals surface area contributed by atoms with E-state index in [0.717, 1.165) is 31.6 Å². The molecule has 2 aromatic rings. The van der Waals surface area contributed by atoms with Crippen LogP contribution in [0.2, 0.25) is 0 Å². The van der Waals surface area contributed by atoms with Gasteiger partial charge in [0.1, 0.15) is 11.5 Å². The lowest BCUT2D eigenvalue weighted by Crippen LogP contribution is -2.50. The summed E-state index contributed by atoms with van der Waals surface area (Å²) < 4.78 is 5.48. The predicted octanol–water partition coefficient (Wildman–Crippen LogP) is 3.79. The van der Waals surface area contributed by atoms with Crippen LogP contribution in [0.4, 0.5) is 0 Å². The van der Waals surface area contributed by atoms with E-state index in [1.54, 1.807) is 25.3 Å². The molecule has 0 aliphatic carbocycles. The number of carbonyl (C=O) groups excluding carboxylic acids is 1. The van der Waals surface area contributed by atoms with Crippen LogP contribution in [0.5, 0.6) is 11.5 Å². The highest BCUT2D eigenvalue weighted by molar-refractivity contribution is 6.09. The van der Waals surface area contributed by atoms with Crippen LogP contribution in [0.3, 0.4) is 0 Å². The lowest BCUT2D eigenvalue weighted by Gasteiger charge is -2.36. The van der Waals surface area contributed by atoms with Crippen molar-refractivity contribution in [1.82, 2.24) is 10.2 Å². The minimum atomic E-state index is -0.223. The van der Waals surface area contributed by atoms with Crippen molar-refractivity contribution >= 4 is 11.9 Å².